The van der Waals surface area contributed by atoms with E-state index in [0.717, 1.165) is 39.0 Å². The number of fused-ring (bicyclic) bond motifs is 4. The summed E-state index contributed by atoms with van der Waals surface area (Å²) < 4.78 is 6.34. The zero-order chi connectivity index (χ0) is 35.2. The van der Waals surface area contributed by atoms with Crippen LogP contribution >= 0.6 is 0 Å². The summed E-state index contributed by atoms with van der Waals surface area (Å²) in [4.78, 5) is 2.47. The van der Waals surface area contributed by atoms with E-state index in [1.165, 1.54) is 49.7 Å². The minimum atomic E-state index is -0.0236. The van der Waals surface area contributed by atoms with Gasteiger partial charge in [0.15, 0.2) is 0 Å². The molecule has 0 aliphatic heterocycles. The second-order valence-electron chi connectivity index (χ2n) is 14.6. The molecule has 52 heavy (non-hydrogen) atoms. The largest absolute Gasteiger partial charge is 0.456 e. The van der Waals surface area contributed by atoms with Crippen LogP contribution in [0.4, 0.5) is 17.1 Å². The summed E-state index contributed by atoms with van der Waals surface area (Å²) in [5, 5.41) is 4.61. The Hall–Kier alpha value is -6.38. The zero-order valence-corrected chi connectivity index (χ0v) is 29.7. The van der Waals surface area contributed by atoms with Crippen LogP contribution in [0, 0.1) is 0 Å². The summed E-state index contributed by atoms with van der Waals surface area (Å²) in [6, 6.07) is 65.7. The quantitative estimate of drug-likeness (QED) is 0.175. The molecule has 1 aromatic heterocycles. The number of benzene rings is 8. The maximum absolute atomic E-state index is 6.34. The average molecular weight is 670 g/mol. The average Bonchev–Trinajstić information content (AvgIpc) is 3.56. The molecule has 0 saturated heterocycles. The number of hydrogen-bond acceptors (Lipinski definition) is 2. The molecular formula is C50H39NO. The Morgan fingerprint density at radius 2 is 1.02 bits per heavy atom. The lowest BCUT2D eigenvalue weighted by molar-refractivity contribution is 0.590. The van der Waals surface area contributed by atoms with Crippen molar-refractivity contribution < 1.29 is 4.42 Å². The van der Waals surface area contributed by atoms with E-state index in [1.807, 2.05) is 12.1 Å². The van der Waals surface area contributed by atoms with Gasteiger partial charge in [0.25, 0.3) is 0 Å². The monoisotopic (exact) mass is 669 g/mol. The molecule has 0 N–H and O–H groups in total. The van der Waals surface area contributed by atoms with Crippen LogP contribution in [0.2, 0.25) is 0 Å². The van der Waals surface area contributed by atoms with Crippen molar-refractivity contribution in [3.63, 3.8) is 0 Å². The Balaban J connectivity index is 1.41. The summed E-state index contributed by atoms with van der Waals surface area (Å²) in [6.07, 6.45) is 0. The maximum atomic E-state index is 6.34. The standard InChI is InChI=1S/C50H39NO/c1-50(2,3)37-27-30-45(43(32-37)35-18-8-5-9-19-35)51(38-28-31-48-44(33-38)41-23-14-15-25-47(41)52-48)46-29-26-36-20-10-11-22-40(36)49(46)42-24-13-12-21-39(42)34-16-6-4-7-17-34/h4-33H,1-3H3. The third-order valence-corrected chi connectivity index (χ3v) is 10.2. The van der Waals surface area contributed by atoms with Gasteiger partial charge in [-0.15, -0.1) is 0 Å². The highest BCUT2D eigenvalue weighted by Gasteiger charge is 2.26. The van der Waals surface area contributed by atoms with Gasteiger partial charge in [0.05, 0.1) is 11.4 Å². The Morgan fingerprint density at radius 3 is 1.77 bits per heavy atom. The molecule has 2 heteroatoms. The van der Waals surface area contributed by atoms with Crippen LogP contribution in [-0.4, -0.2) is 0 Å². The molecule has 2 nitrogen and oxygen atoms in total. The molecule has 0 aliphatic rings. The number of para-hydroxylation sites is 1. The van der Waals surface area contributed by atoms with Crippen molar-refractivity contribution in [3.05, 3.63) is 188 Å². The lowest BCUT2D eigenvalue weighted by Crippen LogP contribution is -2.15. The maximum Gasteiger partial charge on any atom is 0.135 e. The fourth-order valence-corrected chi connectivity index (χ4v) is 7.61. The first-order valence-electron chi connectivity index (χ1n) is 18.0. The van der Waals surface area contributed by atoms with Gasteiger partial charge < -0.3 is 9.32 Å². The highest BCUT2D eigenvalue weighted by molar-refractivity contribution is 6.11. The van der Waals surface area contributed by atoms with Crippen LogP contribution in [0.25, 0.3) is 66.1 Å². The van der Waals surface area contributed by atoms with Crippen molar-refractivity contribution in [1.29, 1.82) is 0 Å². The number of anilines is 3. The van der Waals surface area contributed by atoms with Crippen molar-refractivity contribution in [2.45, 2.75) is 26.2 Å². The highest BCUT2D eigenvalue weighted by atomic mass is 16.3. The number of furan rings is 1. The minimum absolute atomic E-state index is 0.0236. The number of rotatable bonds is 6. The lowest BCUT2D eigenvalue weighted by Gasteiger charge is -2.32. The first-order valence-corrected chi connectivity index (χ1v) is 18.0. The molecule has 250 valence electrons. The number of hydrogen-bond donors (Lipinski definition) is 0. The molecule has 8 aromatic carbocycles. The molecule has 0 radical (unpaired) electrons. The van der Waals surface area contributed by atoms with Gasteiger partial charge in [0, 0.05) is 27.6 Å². The summed E-state index contributed by atoms with van der Waals surface area (Å²) in [5.74, 6) is 0. The molecule has 0 unspecified atom stereocenters. The van der Waals surface area contributed by atoms with E-state index in [2.05, 4.69) is 196 Å². The van der Waals surface area contributed by atoms with Crippen LogP contribution in [0.1, 0.15) is 26.3 Å². The van der Waals surface area contributed by atoms with Crippen LogP contribution < -0.4 is 4.90 Å². The Bertz CT molecular complexity index is 2720. The Labute approximate surface area is 305 Å². The lowest BCUT2D eigenvalue weighted by atomic mass is 9.84. The summed E-state index contributed by atoms with van der Waals surface area (Å²) in [5.41, 5.74) is 13.4. The first-order chi connectivity index (χ1) is 25.4. The van der Waals surface area contributed by atoms with Gasteiger partial charge in [-0.2, -0.15) is 0 Å². The Kier molecular flexibility index (Phi) is 7.74. The SMILES string of the molecule is CC(C)(C)c1ccc(N(c2ccc3oc4ccccc4c3c2)c2ccc3ccccc3c2-c2ccccc2-c2ccccc2)c(-c2ccccc2)c1. The third kappa shape index (κ3) is 5.54. The van der Waals surface area contributed by atoms with Gasteiger partial charge in [0.2, 0.25) is 0 Å². The predicted molar refractivity (Wildman–Crippen MR) is 221 cm³/mol. The molecule has 0 amide bonds. The van der Waals surface area contributed by atoms with Crippen LogP contribution in [0.5, 0.6) is 0 Å². The van der Waals surface area contributed by atoms with Crippen molar-refractivity contribution in [2.75, 3.05) is 4.90 Å². The fourth-order valence-electron chi connectivity index (χ4n) is 7.61. The molecule has 0 fully saturated rings. The van der Waals surface area contributed by atoms with E-state index in [-0.39, 0.29) is 5.41 Å². The van der Waals surface area contributed by atoms with Gasteiger partial charge in [-0.1, -0.05) is 160 Å². The van der Waals surface area contributed by atoms with E-state index in [9.17, 15) is 0 Å². The summed E-state index contributed by atoms with van der Waals surface area (Å²) >= 11 is 0. The van der Waals surface area contributed by atoms with E-state index < -0.39 is 0 Å². The zero-order valence-electron chi connectivity index (χ0n) is 29.7. The summed E-state index contributed by atoms with van der Waals surface area (Å²) in [7, 11) is 0. The van der Waals surface area contributed by atoms with Crippen molar-refractivity contribution in [1.82, 2.24) is 0 Å². The van der Waals surface area contributed by atoms with Crippen molar-refractivity contribution in [3.8, 4) is 33.4 Å². The molecule has 9 rings (SSSR count). The fraction of sp³-hybridized carbons (Fsp3) is 0.0800. The van der Waals surface area contributed by atoms with Gasteiger partial charge in [0.1, 0.15) is 11.2 Å². The van der Waals surface area contributed by atoms with Gasteiger partial charge in [-0.25, -0.2) is 0 Å². The second kappa shape index (κ2) is 12.7. The van der Waals surface area contributed by atoms with E-state index >= 15 is 0 Å². The normalized spacial score (nSPS) is 11.8. The smallest absolute Gasteiger partial charge is 0.135 e. The van der Waals surface area contributed by atoms with E-state index in [4.69, 9.17) is 4.42 Å². The van der Waals surface area contributed by atoms with Gasteiger partial charge in [-0.05, 0) is 86.5 Å². The van der Waals surface area contributed by atoms with Gasteiger partial charge >= 0.3 is 0 Å². The van der Waals surface area contributed by atoms with Crippen molar-refractivity contribution >= 4 is 49.8 Å². The molecule has 0 aliphatic carbocycles. The highest BCUT2D eigenvalue weighted by Crippen LogP contribution is 2.50. The van der Waals surface area contributed by atoms with Crippen LogP contribution in [-0.2, 0) is 5.41 Å². The molecule has 0 saturated carbocycles. The van der Waals surface area contributed by atoms with Gasteiger partial charge in [-0.3, -0.25) is 0 Å². The first kappa shape index (κ1) is 31.6. The van der Waals surface area contributed by atoms with Crippen LogP contribution in [0.15, 0.2) is 186 Å². The topological polar surface area (TPSA) is 16.4 Å². The molecule has 9 aromatic rings. The van der Waals surface area contributed by atoms with Crippen LogP contribution in [0.3, 0.4) is 0 Å². The Morgan fingerprint density at radius 1 is 0.423 bits per heavy atom. The predicted octanol–water partition coefficient (Wildman–Crippen LogP) is 14.5. The molecule has 0 atom stereocenters. The minimum Gasteiger partial charge on any atom is -0.456 e. The molecule has 1 heterocycles. The third-order valence-electron chi connectivity index (χ3n) is 10.2. The molecule has 0 spiro atoms. The van der Waals surface area contributed by atoms with E-state index in [0.29, 0.717) is 0 Å². The molecule has 0 bridgehead atoms. The van der Waals surface area contributed by atoms with E-state index in [1.54, 1.807) is 0 Å². The second-order valence-corrected chi connectivity index (χ2v) is 14.6. The number of nitrogens with zero attached hydrogens (tertiary/aromatic N) is 1. The summed E-state index contributed by atoms with van der Waals surface area (Å²) in [6.45, 7) is 6.86. The molecular weight excluding hydrogens is 631 g/mol. The van der Waals surface area contributed by atoms with Crippen molar-refractivity contribution in [2.24, 2.45) is 0 Å².